The average Bonchev–Trinajstić information content (AvgIpc) is 3.51. The lowest BCUT2D eigenvalue weighted by Gasteiger charge is -2.31. The molecule has 0 bridgehead atoms. The van der Waals surface area contributed by atoms with Gasteiger partial charge in [0, 0.05) is 19.3 Å². The standard InChI is InChI=1S/C41H63NO9/c1-7-9-11-15-18-25-41(49-28-29-50-41)26-19-16-13-12-14-17-20-34(40(6,47)31-36(43)44)37(45)42-35(38(46)51-39(3,4)5)30-32-21-23-33(24-22-32)48-27-10-8-2/h17,20-24,34-35,47H,7,9,11-16,18-19,25-31H2,1-6H3,(H,42,45)(H,43,44)/b20-17+/t34-,35+,40+/m1/s1. The second-order valence-electron chi connectivity index (χ2n) is 14.7. The number of unbranched alkanes of at least 4 members (excludes halogenated alkanes) is 8. The number of esters is 1. The molecule has 1 aliphatic rings. The van der Waals surface area contributed by atoms with Gasteiger partial charge >= 0.3 is 11.9 Å². The molecule has 3 atom stereocenters. The molecular formula is C41H63NO9. The van der Waals surface area contributed by atoms with Crippen LogP contribution >= 0.6 is 0 Å². The summed E-state index contributed by atoms with van der Waals surface area (Å²) < 4.78 is 23.3. The molecular weight excluding hydrogens is 650 g/mol. The van der Waals surface area contributed by atoms with E-state index in [-0.39, 0.29) is 13.0 Å². The number of allylic oxidation sites excluding steroid dienone is 1. The molecule has 10 nitrogen and oxygen atoms in total. The molecule has 1 aliphatic heterocycles. The third-order valence-electron chi connectivity index (χ3n) is 8.80. The lowest BCUT2D eigenvalue weighted by molar-refractivity contribution is -0.168. The van der Waals surface area contributed by atoms with E-state index in [9.17, 15) is 24.6 Å². The monoisotopic (exact) mass is 713 g/mol. The summed E-state index contributed by atoms with van der Waals surface area (Å²) in [6, 6.07) is 6.01. The zero-order valence-electron chi connectivity index (χ0n) is 31.9. The van der Waals surface area contributed by atoms with Crippen LogP contribution in [0, 0.1) is 17.8 Å². The Kier molecular flexibility index (Phi) is 19.3. The summed E-state index contributed by atoms with van der Waals surface area (Å²) in [5, 5.41) is 23.5. The molecule has 0 aromatic heterocycles. The van der Waals surface area contributed by atoms with E-state index < -0.39 is 53.2 Å². The maximum atomic E-state index is 13.8. The zero-order chi connectivity index (χ0) is 37.8. The number of aliphatic hydroxyl groups is 1. The van der Waals surface area contributed by atoms with Gasteiger partial charge in [0.1, 0.15) is 24.0 Å². The predicted octanol–water partition coefficient (Wildman–Crippen LogP) is 7.30. The van der Waals surface area contributed by atoms with Crippen molar-refractivity contribution in [1.29, 1.82) is 0 Å². The van der Waals surface area contributed by atoms with Crippen LogP contribution in [0.5, 0.6) is 5.75 Å². The largest absolute Gasteiger partial charge is 0.481 e. The highest BCUT2D eigenvalue weighted by Gasteiger charge is 2.40. The highest BCUT2D eigenvalue weighted by Crippen LogP contribution is 2.32. The normalized spacial score (nSPS) is 16.5. The highest BCUT2D eigenvalue weighted by atomic mass is 16.7. The van der Waals surface area contributed by atoms with Gasteiger partial charge in [0.05, 0.1) is 31.2 Å². The highest BCUT2D eigenvalue weighted by molar-refractivity contribution is 5.88. The molecule has 0 spiro atoms. The molecule has 1 fully saturated rings. The van der Waals surface area contributed by atoms with E-state index in [0.717, 1.165) is 50.5 Å². The van der Waals surface area contributed by atoms with Crippen molar-refractivity contribution < 1.29 is 43.5 Å². The maximum Gasteiger partial charge on any atom is 0.329 e. The molecule has 51 heavy (non-hydrogen) atoms. The SMILES string of the molecule is CC#CCOc1ccc(C[C@H](NC(=O)[C@@H](/C=C/CCCCCCC2(CCCCCCC)OCCO2)[C@@](C)(O)CC(=O)O)C(=O)OC(C)(C)C)cc1. The molecule has 0 aliphatic carbocycles. The predicted molar refractivity (Wildman–Crippen MR) is 198 cm³/mol. The number of nitrogens with one attached hydrogen (secondary N) is 1. The summed E-state index contributed by atoms with van der Waals surface area (Å²) in [6.45, 7) is 12.0. The third kappa shape index (κ3) is 17.6. The van der Waals surface area contributed by atoms with E-state index in [4.69, 9.17) is 18.9 Å². The first-order chi connectivity index (χ1) is 24.2. The second-order valence-corrected chi connectivity index (χ2v) is 14.7. The van der Waals surface area contributed by atoms with Gasteiger partial charge in [-0.05, 0) is 78.0 Å². The van der Waals surface area contributed by atoms with Crippen LogP contribution in [0.25, 0.3) is 0 Å². The van der Waals surface area contributed by atoms with Gasteiger partial charge in [-0.2, -0.15) is 0 Å². The smallest absolute Gasteiger partial charge is 0.329 e. The minimum absolute atomic E-state index is 0.115. The quantitative estimate of drug-likeness (QED) is 0.0436. The van der Waals surface area contributed by atoms with Crippen molar-refractivity contribution in [1.82, 2.24) is 5.32 Å². The molecule has 10 heteroatoms. The van der Waals surface area contributed by atoms with Crippen molar-refractivity contribution in [3.8, 4) is 17.6 Å². The Morgan fingerprint density at radius 2 is 1.57 bits per heavy atom. The summed E-state index contributed by atoms with van der Waals surface area (Å²) in [4.78, 5) is 38.7. The van der Waals surface area contributed by atoms with Crippen molar-refractivity contribution in [3.63, 3.8) is 0 Å². The Hall–Kier alpha value is -3.39. The topological polar surface area (TPSA) is 141 Å². The Morgan fingerprint density at radius 3 is 2.14 bits per heavy atom. The number of carbonyl (C=O) groups excluding carboxylic acids is 2. The summed E-state index contributed by atoms with van der Waals surface area (Å²) >= 11 is 0. The first-order valence-electron chi connectivity index (χ1n) is 18.7. The lowest BCUT2D eigenvalue weighted by atomic mass is 9.84. The molecule has 3 N–H and O–H groups in total. The Labute approximate surface area is 306 Å². The average molecular weight is 714 g/mol. The summed E-state index contributed by atoms with van der Waals surface area (Å²) in [5.41, 5.74) is -1.97. The zero-order valence-corrected chi connectivity index (χ0v) is 31.9. The number of rotatable bonds is 24. The number of hydrogen-bond acceptors (Lipinski definition) is 8. The Balaban J connectivity index is 2.03. The summed E-state index contributed by atoms with van der Waals surface area (Å²) in [6.07, 6.45) is 15.2. The number of benzene rings is 1. The minimum atomic E-state index is -1.91. The molecule has 0 unspecified atom stereocenters. The van der Waals surface area contributed by atoms with Gasteiger partial charge < -0.3 is 34.5 Å². The van der Waals surface area contributed by atoms with Crippen molar-refractivity contribution in [2.24, 2.45) is 5.92 Å². The lowest BCUT2D eigenvalue weighted by Crippen LogP contribution is -2.52. The van der Waals surface area contributed by atoms with Crippen LogP contribution in [0.2, 0.25) is 0 Å². The van der Waals surface area contributed by atoms with E-state index in [1.54, 1.807) is 58.0 Å². The number of carboxylic acids is 1. The van der Waals surface area contributed by atoms with Crippen molar-refractivity contribution in [2.75, 3.05) is 19.8 Å². The molecule has 1 saturated heterocycles. The van der Waals surface area contributed by atoms with Gasteiger partial charge in [0.15, 0.2) is 5.79 Å². The van der Waals surface area contributed by atoms with E-state index in [0.29, 0.717) is 25.4 Å². The van der Waals surface area contributed by atoms with Crippen LogP contribution < -0.4 is 10.1 Å². The molecule has 286 valence electrons. The van der Waals surface area contributed by atoms with Crippen LogP contribution in [-0.4, -0.2) is 70.9 Å². The van der Waals surface area contributed by atoms with Crippen LogP contribution in [0.3, 0.4) is 0 Å². The van der Waals surface area contributed by atoms with Crippen LogP contribution in [0.1, 0.15) is 131 Å². The van der Waals surface area contributed by atoms with E-state index in [1.807, 2.05) is 6.08 Å². The number of carbonyl (C=O) groups is 3. The fourth-order valence-electron chi connectivity index (χ4n) is 6.12. The third-order valence-corrected chi connectivity index (χ3v) is 8.80. The van der Waals surface area contributed by atoms with Gasteiger partial charge in [-0.1, -0.05) is 75.7 Å². The molecule has 1 aromatic rings. The van der Waals surface area contributed by atoms with Crippen molar-refractivity contribution in [3.05, 3.63) is 42.0 Å². The molecule has 1 amide bonds. The molecule has 2 rings (SSSR count). The number of amides is 1. The Bertz CT molecular complexity index is 1280. The van der Waals surface area contributed by atoms with Gasteiger partial charge in [-0.3, -0.25) is 9.59 Å². The van der Waals surface area contributed by atoms with Crippen LogP contribution in [-0.2, 0) is 35.0 Å². The van der Waals surface area contributed by atoms with Crippen LogP contribution in [0.15, 0.2) is 36.4 Å². The fraction of sp³-hybridized carbons (Fsp3) is 0.683. The molecule has 0 radical (unpaired) electrons. The fourth-order valence-corrected chi connectivity index (χ4v) is 6.12. The number of aliphatic carboxylic acids is 1. The molecule has 1 aromatic carbocycles. The van der Waals surface area contributed by atoms with Crippen molar-refractivity contribution >= 4 is 17.8 Å². The van der Waals surface area contributed by atoms with Crippen LogP contribution in [0.4, 0.5) is 0 Å². The van der Waals surface area contributed by atoms with Crippen molar-refractivity contribution in [2.45, 2.75) is 154 Å². The van der Waals surface area contributed by atoms with Gasteiger partial charge in [0.2, 0.25) is 5.91 Å². The van der Waals surface area contributed by atoms with Gasteiger partial charge in [-0.25, -0.2) is 4.79 Å². The first-order valence-corrected chi connectivity index (χ1v) is 18.7. The van der Waals surface area contributed by atoms with Gasteiger partial charge in [-0.15, -0.1) is 5.92 Å². The Morgan fingerprint density at radius 1 is 0.961 bits per heavy atom. The minimum Gasteiger partial charge on any atom is -0.481 e. The van der Waals surface area contributed by atoms with E-state index >= 15 is 0 Å². The number of ether oxygens (including phenoxy) is 4. The maximum absolute atomic E-state index is 13.8. The van der Waals surface area contributed by atoms with Gasteiger partial charge in [0.25, 0.3) is 0 Å². The van der Waals surface area contributed by atoms with E-state index in [2.05, 4.69) is 24.1 Å². The first kappa shape index (κ1) is 43.8. The molecule has 0 saturated carbocycles. The summed E-state index contributed by atoms with van der Waals surface area (Å²) in [7, 11) is 0. The van der Waals surface area contributed by atoms with E-state index in [1.165, 1.54) is 32.6 Å². The summed E-state index contributed by atoms with van der Waals surface area (Å²) in [5.74, 6) is 2.01. The number of carboxylic acid groups (broad SMARTS) is 1. The second kappa shape index (κ2) is 22.5. The number of hydrogen-bond donors (Lipinski definition) is 3. The molecule has 1 heterocycles.